The molecule has 90 valence electrons. The van der Waals surface area contributed by atoms with Gasteiger partial charge >= 0.3 is 5.97 Å². The molecule has 0 radical (unpaired) electrons. The van der Waals surface area contributed by atoms with Crippen molar-refractivity contribution in [1.29, 1.82) is 0 Å². The number of aryl methyl sites for hydroxylation is 1. The first-order chi connectivity index (χ1) is 7.69. The highest BCUT2D eigenvalue weighted by Gasteiger charge is 2.16. The van der Waals surface area contributed by atoms with Crippen molar-refractivity contribution in [1.82, 2.24) is 0 Å². The molecular weight excluding hydrogens is 228 g/mol. The first kappa shape index (κ1) is 13.0. The minimum atomic E-state index is -0.946. The number of hydrogen-bond donors (Lipinski definition) is 1. The van der Waals surface area contributed by atoms with E-state index in [1.165, 1.54) is 11.3 Å². The molecule has 16 heavy (non-hydrogen) atoms. The van der Waals surface area contributed by atoms with E-state index in [4.69, 9.17) is 14.6 Å². The van der Waals surface area contributed by atoms with Gasteiger partial charge in [-0.2, -0.15) is 0 Å². The summed E-state index contributed by atoms with van der Waals surface area (Å²) in [4.78, 5) is 12.2. The van der Waals surface area contributed by atoms with Gasteiger partial charge in [0.25, 0.3) is 0 Å². The molecule has 4 nitrogen and oxygen atoms in total. The van der Waals surface area contributed by atoms with Crippen LogP contribution in [-0.4, -0.2) is 24.5 Å². The molecule has 1 rings (SSSR count). The second-order valence-electron chi connectivity index (χ2n) is 3.22. The van der Waals surface area contributed by atoms with Crippen LogP contribution in [0.4, 0.5) is 0 Å². The summed E-state index contributed by atoms with van der Waals surface area (Å²) in [5, 5.41) is 8.99. The summed E-state index contributed by atoms with van der Waals surface area (Å²) in [6.45, 7) is 4.56. The van der Waals surface area contributed by atoms with E-state index in [1.54, 1.807) is 6.07 Å². The maximum absolute atomic E-state index is 11.0. The predicted octanol–water partition coefficient (Wildman–Crippen LogP) is 2.77. The van der Waals surface area contributed by atoms with Gasteiger partial charge in [0, 0.05) is 11.5 Å². The Hall–Kier alpha value is -1.07. The third-order valence-corrected chi connectivity index (χ3v) is 3.11. The van der Waals surface area contributed by atoms with E-state index in [9.17, 15) is 4.79 Å². The summed E-state index contributed by atoms with van der Waals surface area (Å²) in [6.07, 6.45) is 1.87. The molecule has 1 heterocycles. The highest BCUT2D eigenvalue weighted by Crippen LogP contribution is 2.30. The van der Waals surface area contributed by atoms with Crippen molar-refractivity contribution >= 4 is 17.3 Å². The Morgan fingerprint density at radius 2 is 2.25 bits per heavy atom. The summed E-state index contributed by atoms with van der Waals surface area (Å²) < 4.78 is 10.3. The first-order valence-corrected chi connectivity index (χ1v) is 6.07. The standard InChI is InChI=1S/C11H16O4S/c1-3-5-8-6-9(15-7-14-4-2)10(16-8)11(12)13/h6H,3-5,7H2,1-2H3,(H,12,13). The van der Waals surface area contributed by atoms with Gasteiger partial charge in [-0.05, 0) is 19.4 Å². The van der Waals surface area contributed by atoms with Crippen LogP contribution in [0, 0.1) is 0 Å². The fourth-order valence-corrected chi connectivity index (χ4v) is 2.28. The molecule has 0 bridgehead atoms. The number of ether oxygens (including phenoxy) is 2. The zero-order valence-electron chi connectivity index (χ0n) is 9.49. The van der Waals surface area contributed by atoms with Crippen LogP contribution in [0.5, 0.6) is 5.75 Å². The normalized spacial score (nSPS) is 10.4. The maximum atomic E-state index is 11.0. The lowest BCUT2D eigenvalue weighted by Crippen LogP contribution is -2.04. The molecule has 1 N–H and O–H groups in total. The van der Waals surface area contributed by atoms with Crippen LogP contribution in [-0.2, 0) is 11.2 Å². The summed E-state index contributed by atoms with van der Waals surface area (Å²) in [5.41, 5.74) is 0. The molecule has 1 aromatic rings. The number of rotatable bonds is 7. The Labute approximate surface area is 98.8 Å². The molecule has 0 saturated heterocycles. The van der Waals surface area contributed by atoms with Gasteiger partial charge < -0.3 is 14.6 Å². The minimum Gasteiger partial charge on any atom is -0.477 e. The van der Waals surface area contributed by atoms with Crippen molar-refractivity contribution < 1.29 is 19.4 Å². The molecule has 0 aromatic carbocycles. The monoisotopic (exact) mass is 244 g/mol. The molecule has 5 heteroatoms. The molecule has 0 amide bonds. The van der Waals surface area contributed by atoms with Gasteiger partial charge in [0.15, 0.2) is 11.7 Å². The van der Waals surface area contributed by atoms with Gasteiger partial charge in [-0.15, -0.1) is 11.3 Å². The quantitative estimate of drug-likeness (QED) is 0.592. The van der Waals surface area contributed by atoms with Crippen molar-refractivity contribution in [2.45, 2.75) is 26.7 Å². The smallest absolute Gasteiger partial charge is 0.349 e. The van der Waals surface area contributed by atoms with Crippen molar-refractivity contribution in [3.63, 3.8) is 0 Å². The van der Waals surface area contributed by atoms with E-state index in [2.05, 4.69) is 6.92 Å². The Morgan fingerprint density at radius 1 is 1.50 bits per heavy atom. The molecular formula is C11H16O4S. The Kier molecular flexibility index (Phi) is 5.28. The molecule has 0 spiro atoms. The van der Waals surface area contributed by atoms with Crippen LogP contribution in [0.1, 0.15) is 34.8 Å². The topological polar surface area (TPSA) is 55.8 Å². The largest absolute Gasteiger partial charge is 0.477 e. The van der Waals surface area contributed by atoms with E-state index >= 15 is 0 Å². The number of carboxylic acid groups (broad SMARTS) is 1. The first-order valence-electron chi connectivity index (χ1n) is 5.25. The Morgan fingerprint density at radius 3 is 2.81 bits per heavy atom. The van der Waals surface area contributed by atoms with Crippen molar-refractivity contribution in [3.05, 3.63) is 15.8 Å². The summed E-state index contributed by atoms with van der Waals surface area (Å²) in [5.74, 6) is -0.534. The molecule has 0 aliphatic rings. The molecule has 1 aromatic heterocycles. The minimum absolute atomic E-state index is 0.0963. The number of aromatic carboxylic acids is 1. The van der Waals surface area contributed by atoms with E-state index in [0.29, 0.717) is 12.4 Å². The second kappa shape index (κ2) is 6.50. The number of hydrogen-bond acceptors (Lipinski definition) is 4. The van der Waals surface area contributed by atoms with Crippen LogP contribution >= 0.6 is 11.3 Å². The predicted molar refractivity (Wildman–Crippen MR) is 62.4 cm³/mol. The molecule has 0 fully saturated rings. The van der Waals surface area contributed by atoms with Gasteiger partial charge in [-0.25, -0.2) is 4.79 Å². The third kappa shape index (κ3) is 3.50. The summed E-state index contributed by atoms with van der Waals surface area (Å²) >= 11 is 1.27. The van der Waals surface area contributed by atoms with E-state index in [0.717, 1.165) is 17.7 Å². The molecule has 0 saturated carbocycles. The summed E-state index contributed by atoms with van der Waals surface area (Å²) in [6, 6.07) is 1.79. The third-order valence-electron chi connectivity index (χ3n) is 1.94. The second-order valence-corrected chi connectivity index (χ2v) is 4.35. The van der Waals surface area contributed by atoms with Crippen LogP contribution in [0.15, 0.2) is 6.07 Å². The molecule has 0 unspecified atom stereocenters. The lowest BCUT2D eigenvalue weighted by Gasteiger charge is -2.03. The number of carbonyl (C=O) groups is 1. The van der Waals surface area contributed by atoms with Gasteiger partial charge in [0.1, 0.15) is 5.75 Å². The lowest BCUT2D eigenvalue weighted by atomic mass is 10.3. The van der Waals surface area contributed by atoms with Crippen molar-refractivity contribution in [2.24, 2.45) is 0 Å². The van der Waals surface area contributed by atoms with Crippen LogP contribution in [0.2, 0.25) is 0 Å². The highest BCUT2D eigenvalue weighted by atomic mass is 32.1. The SMILES string of the molecule is CCCc1cc(OCOCC)c(C(=O)O)s1. The van der Waals surface area contributed by atoms with E-state index in [-0.39, 0.29) is 11.7 Å². The van der Waals surface area contributed by atoms with Crippen molar-refractivity contribution in [2.75, 3.05) is 13.4 Å². The van der Waals surface area contributed by atoms with Gasteiger partial charge in [0.2, 0.25) is 0 Å². The van der Waals surface area contributed by atoms with Crippen LogP contribution < -0.4 is 4.74 Å². The lowest BCUT2D eigenvalue weighted by molar-refractivity contribution is 0.0217. The van der Waals surface area contributed by atoms with Gasteiger partial charge in [-0.3, -0.25) is 0 Å². The highest BCUT2D eigenvalue weighted by molar-refractivity contribution is 7.14. The average molecular weight is 244 g/mol. The van der Waals surface area contributed by atoms with E-state index < -0.39 is 5.97 Å². The zero-order chi connectivity index (χ0) is 12.0. The fourth-order valence-electron chi connectivity index (χ4n) is 1.24. The molecule has 0 atom stereocenters. The number of thiophene rings is 1. The van der Waals surface area contributed by atoms with Crippen molar-refractivity contribution in [3.8, 4) is 5.75 Å². The summed E-state index contributed by atoms with van der Waals surface area (Å²) in [7, 11) is 0. The Balaban J connectivity index is 2.74. The van der Waals surface area contributed by atoms with Crippen LogP contribution in [0.3, 0.4) is 0 Å². The maximum Gasteiger partial charge on any atom is 0.349 e. The molecule has 0 aliphatic carbocycles. The van der Waals surface area contributed by atoms with Gasteiger partial charge in [-0.1, -0.05) is 13.3 Å². The molecule has 0 aliphatic heterocycles. The zero-order valence-corrected chi connectivity index (χ0v) is 10.3. The fraction of sp³-hybridized carbons (Fsp3) is 0.545. The number of carboxylic acids is 1. The average Bonchev–Trinajstić information content (AvgIpc) is 2.62. The van der Waals surface area contributed by atoms with E-state index in [1.807, 2.05) is 6.92 Å². The Bertz CT molecular complexity index is 346. The van der Waals surface area contributed by atoms with Crippen LogP contribution in [0.25, 0.3) is 0 Å². The van der Waals surface area contributed by atoms with Gasteiger partial charge in [0.05, 0.1) is 0 Å².